The van der Waals surface area contributed by atoms with Crippen molar-refractivity contribution in [2.75, 3.05) is 0 Å². The lowest BCUT2D eigenvalue weighted by Crippen LogP contribution is -2.08. The van der Waals surface area contributed by atoms with Gasteiger partial charge in [0.2, 0.25) is 0 Å². The van der Waals surface area contributed by atoms with Crippen LogP contribution in [0, 0.1) is 0 Å². The standard InChI is InChI=1S/C11H10ClN3OS/c1-15-6-8(5-14-15)16-10-3-2-7(11(13)17)4-9(10)12/h2-6H,1H3,(H2,13,17). The summed E-state index contributed by atoms with van der Waals surface area (Å²) in [6, 6.07) is 5.17. The SMILES string of the molecule is Cn1cc(Oc2ccc(C(N)=S)cc2Cl)cn1. The first kappa shape index (κ1) is 11.9. The van der Waals surface area contributed by atoms with Crippen LogP contribution in [-0.4, -0.2) is 14.8 Å². The molecule has 1 heterocycles. The van der Waals surface area contributed by atoms with Crippen molar-refractivity contribution in [3.63, 3.8) is 0 Å². The molecule has 0 saturated heterocycles. The molecule has 2 rings (SSSR count). The molecule has 0 saturated carbocycles. The Kier molecular flexibility index (Phi) is 3.31. The molecule has 88 valence electrons. The Bertz CT molecular complexity index is 568. The zero-order chi connectivity index (χ0) is 12.4. The Labute approximate surface area is 109 Å². The fourth-order valence-electron chi connectivity index (χ4n) is 1.32. The van der Waals surface area contributed by atoms with Gasteiger partial charge in [0.05, 0.1) is 17.4 Å². The van der Waals surface area contributed by atoms with E-state index in [0.717, 1.165) is 0 Å². The zero-order valence-electron chi connectivity index (χ0n) is 9.05. The molecule has 0 amide bonds. The number of aryl methyl sites for hydroxylation is 1. The molecule has 1 aromatic heterocycles. The van der Waals surface area contributed by atoms with Gasteiger partial charge in [0.25, 0.3) is 0 Å². The summed E-state index contributed by atoms with van der Waals surface area (Å²) >= 11 is 10.9. The zero-order valence-corrected chi connectivity index (χ0v) is 10.6. The summed E-state index contributed by atoms with van der Waals surface area (Å²) in [7, 11) is 1.81. The van der Waals surface area contributed by atoms with Crippen LogP contribution in [0.1, 0.15) is 5.56 Å². The molecular weight excluding hydrogens is 258 g/mol. The molecule has 1 aromatic carbocycles. The van der Waals surface area contributed by atoms with Gasteiger partial charge in [0, 0.05) is 12.6 Å². The second-order valence-corrected chi connectivity index (χ2v) is 4.31. The Morgan fingerprint density at radius 2 is 2.29 bits per heavy atom. The lowest BCUT2D eigenvalue weighted by atomic mass is 10.2. The van der Waals surface area contributed by atoms with E-state index in [4.69, 9.17) is 34.3 Å². The molecule has 2 aromatic rings. The third-order valence-electron chi connectivity index (χ3n) is 2.13. The second-order valence-electron chi connectivity index (χ2n) is 3.46. The highest BCUT2D eigenvalue weighted by Gasteiger charge is 2.06. The molecule has 17 heavy (non-hydrogen) atoms. The van der Waals surface area contributed by atoms with Gasteiger partial charge in [-0.25, -0.2) is 0 Å². The van der Waals surface area contributed by atoms with Crippen LogP contribution in [0.15, 0.2) is 30.6 Å². The third-order valence-corrected chi connectivity index (χ3v) is 2.66. The van der Waals surface area contributed by atoms with Crippen molar-refractivity contribution >= 4 is 28.8 Å². The molecule has 0 fully saturated rings. The van der Waals surface area contributed by atoms with Crippen molar-refractivity contribution < 1.29 is 4.74 Å². The first-order valence-electron chi connectivity index (χ1n) is 4.82. The van der Waals surface area contributed by atoms with Crippen LogP contribution in [0.4, 0.5) is 0 Å². The van der Waals surface area contributed by atoms with Crippen LogP contribution in [0.5, 0.6) is 11.5 Å². The van der Waals surface area contributed by atoms with Crippen molar-refractivity contribution in [1.82, 2.24) is 9.78 Å². The van der Waals surface area contributed by atoms with Gasteiger partial charge in [0.15, 0.2) is 5.75 Å². The highest BCUT2D eigenvalue weighted by atomic mass is 35.5. The number of hydrogen-bond acceptors (Lipinski definition) is 3. The number of ether oxygens (including phenoxy) is 1. The molecule has 0 aliphatic rings. The molecule has 0 radical (unpaired) electrons. The van der Waals surface area contributed by atoms with Gasteiger partial charge in [-0.1, -0.05) is 23.8 Å². The monoisotopic (exact) mass is 267 g/mol. The van der Waals surface area contributed by atoms with Crippen molar-refractivity contribution in [2.24, 2.45) is 12.8 Å². The van der Waals surface area contributed by atoms with Crippen LogP contribution in [0.25, 0.3) is 0 Å². The molecule has 0 unspecified atom stereocenters. The summed E-state index contributed by atoms with van der Waals surface area (Å²) < 4.78 is 7.21. The van der Waals surface area contributed by atoms with Gasteiger partial charge in [-0.2, -0.15) is 5.10 Å². The number of thiocarbonyl (C=S) groups is 1. The molecule has 0 aliphatic heterocycles. The van der Waals surface area contributed by atoms with Gasteiger partial charge in [-0.15, -0.1) is 0 Å². The third kappa shape index (κ3) is 2.75. The van der Waals surface area contributed by atoms with Crippen LogP contribution < -0.4 is 10.5 Å². The summed E-state index contributed by atoms with van der Waals surface area (Å²) in [5.41, 5.74) is 6.22. The maximum absolute atomic E-state index is 6.06. The average Bonchev–Trinajstić information content (AvgIpc) is 2.67. The number of nitrogens with zero attached hydrogens (tertiary/aromatic N) is 2. The van der Waals surface area contributed by atoms with E-state index in [2.05, 4.69) is 5.10 Å². The predicted octanol–water partition coefficient (Wildman–Crippen LogP) is 2.50. The van der Waals surface area contributed by atoms with E-state index >= 15 is 0 Å². The molecule has 0 bridgehead atoms. The normalized spacial score (nSPS) is 10.2. The van der Waals surface area contributed by atoms with E-state index in [1.807, 2.05) is 7.05 Å². The van der Waals surface area contributed by atoms with Crippen LogP contribution in [0.2, 0.25) is 5.02 Å². The lowest BCUT2D eigenvalue weighted by molar-refractivity contribution is 0.482. The Morgan fingerprint density at radius 3 is 2.82 bits per heavy atom. The van der Waals surface area contributed by atoms with Gasteiger partial charge in [-0.05, 0) is 18.2 Å². The van der Waals surface area contributed by atoms with E-state index in [9.17, 15) is 0 Å². The second kappa shape index (κ2) is 4.73. The van der Waals surface area contributed by atoms with E-state index in [-0.39, 0.29) is 0 Å². The lowest BCUT2D eigenvalue weighted by Gasteiger charge is -2.06. The molecule has 0 aliphatic carbocycles. The molecule has 6 heteroatoms. The van der Waals surface area contributed by atoms with Gasteiger partial charge >= 0.3 is 0 Å². The van der Waals surface area contributed by atoms with Gasteiger partial charge in [0.1, 0.15) is 10.7 Å². The summed E-state index contributed by atoms with van der Waals surface area (Å²) in [6.45, 7) is 0. The van der Waals surface area contributed by atoms with E-state index in [1.54, 1.807) is 35.3 Å². The first-order valence-corrected chi connectivity index (χ1v) is 5.61. The molecule has 4 nitrogen and oxygen atoms in total. The number of aromatic nitrogens is 2. The molecule has 0 atom stereocenters. The van der Waals surface area contributed by atoms with Crippen molar-refractivity contribution in [1.29, 1.82) is 0 Å². The largest absolute Gasteiger partial charge is 0.452 e. The van der Waals surface area contributed by atoms with Gasteiger partial charge in [-0.3, -0.25) is 4.68 Å². The first-order chi connectivity index (χ1) is 8.06. The minimum absolute atomic E-state index is 0.305. The van der Waals surface area contributed by atoms with E-state index in [1.165, 1.54) is 0 Å². The van der Waals surface area contributed by atoms with Crippen molar-refractivity contribution in [3.8, 4) is 11.5 Å². The highest BCUT2D eigenvalue weighted by molar-refractivity contribution is 7.80. The summed E-state index contributed by atoms with van der Waals surface area (Å²) in [5.74, 6) is 1.16. The van der Waals surface area contributed by atoms with Crippen LogP contribution in [0.3, 0.4) is 0 Å². The number of rotatable bonds is 3. The maximum Gasteiger partial charge on any atom is 0.165 e. The van der Waals surface area contributed by atoms with Crippen LogP contribution in [-0.2, 0) is 7.05 Å². The summed E-state index contributed by atoms with van der Waals surface area (Å²) in [4.78, 5) is 0.305. The number of nitrogens with two attached hydrogens (primary N) is 1. The van der Waals surface area contributed by atoms with Gasteiger partial charge < -0.3 is 10.5 Å². The fourth-order valence-corrected chi connectivity index (χ4v) is 1.66. The number of benzene rings is 1. The Hall–Kier alpha value is -1.59. The minimum atomic E-state index is 0.305. The molecule has 2 N–H and O–H groups in total. The predicted molar refractivity (Wildman–Crippen MR) is 70.6 cm³/mol. The molecular formula is C11H10ClN3OS. The number of halogens is 1. The van der Waals surface area contributed by atoms with E-state index in [0.29, 0.717) is 27.1 Å². The van der Waals surface area contributed by atoms with Crippen molar-refractivity contribution in [2.45, 2.75) is 0 Å². The minimum Gasteiger partial charge on any atom is -0.452 e. The summed E-state index contributed by atoms with van der Waals surface area (Å²) in [5, 5.41) is 4.45. The molecule has 0 spiro atoms. The average molecular weight is 268 g/mol. The van der Waals surface area contributed by atoms with Crippen LogP contribution >= 0.6 is 23.8 Å². The fraction of sp³-hybridized carbons (Fsp3) is 0.0909. The van der Waals surface area contributed by atoms with Crippen molar-refractivity contribution in [3.05, 3.63) is 41.2 Å². The summed E-state index contributed by atoms with van der Waals surface area (Å²) in [6.07, 6.45) is 3.36. The topological polar surface area (TPSA) is 53.1 Å². The Morgan fingerprint density at radius 1 is 1.53 bits per heavy atom. The smallest absolute Gasteiger partial charge is 0.165 e. The number of hydrogen-bond donors (Lipinski definition) is 1. The quantitative estimate of drug-likeness (QED) is 0.868. The van der Waals surface area contributed by atoms with E-state index < -0.39 is 0 Å². The Balaban J connectivity index is 2.25. The highest BCUT2D eigenvalue weighted by Crippen LogP contribution is 2.29. The maximum atomic E-state index is 6.06.